The average Bonchev–Trinajstić information content (AvgIpc) is 2.52. The van der Waals surface area contributed by atoms with Gasteiger partial charge in [-0.2, -0.15) is 5.26 Å². The van der Waals surface area contributed by atoms with Gasteiger partial charge in [0.2, 0.25) is 0 Å². The zero-order valence-corrected chi connectivity index (χ0v) is 13.5. The molecule has 1 aliphatic heterocycles. The van der Waals surface area contributed by atoms with E-state index >= 15 is 0 Å². The molecule has 2 rings (SSSR count). The van der Waals surface area contributed by atoms with Crippen molar-refractivity contribution in [3.05, 3.63) is 29.8 Å². The molecule has 1 aliphatic rings. The first kappa shape index (κ1) is 16.8. The van der Waals surface area contributed by atoms with Gasteiger partial charge in [-0.15, -0.1) is 0 Å². The standard InChI is InChI=1S/C17H25N3O2/c1-19(2)13-17-14-20(9-11-22-17)8-3-10-21-16-6-4-15(12-18)5-7-16/h4-7,17H,3,8-11,13-14H2,1-2H3/t17-/m1/s1. The molecule has 0 unspecified atom stereocenters. The molecule has 0 aliphatic carbocycles. The molecule has 0 saturated carbocycles. The summed E-state index contributed by atoms with van der Waals surface area (Å²) in [5.41, 5.74) is 0.660. The Bertz CT molecular complexity index is 482. The van der Waals surface area contributed by atoms with Gasteiger partial charge < -0.3 is 14.4 Å². The fourth-order valence-electron chi connectivity index (χ4n) is 2.61. The number of ether oxygens (including phenoxy) is 2. The Balaban J connectivity index is 1.64. The minimum absolute atomic E-state index is 0.309. The fraction of sp³-hybridized carbons (Fsp3) is 0.588. The van der Waals surface area contributed by atoms with Crippen molar-refractivity contribution >= 4 is 0 Å². The van der Waals surface area contributed by atoms with Crippen LogP contribution in [0.3, 0.4) is 0 Å². The molecular weight excluding hydrogens is 278 g/mol. The maximum atomic E-state index is 8.75. The minimum atomic E-state index is 0.309. The van der Waals surface area contributed by atoms with E-state index < -0.39 is 0 Å². The normalized spacial score (nSPS) is 19.1. The first-order chi connectivity index (χ1) is 10.7. The maximum absolute atomic E-state index is 8.75. The number of morpholine rings is 1. The van der Waals surface area contributed by atoms with Crippen molar-refractivity contribution in [3.8, 4) is 11.8 Å². The third-order valence-corrected chi connectivity index (χ3v) is 3.66. The third-order valence-electron chi connectivity index (χ3n) is 3.66. The quantitative estimate of drug-likeness (QED) is 0.716. The molecule has 0 spiro atoms. The van der Waals surface area contributed by atoms with Crippen LogP contribution in [0.25, 0.3) is 0 Å². The molecule has 1 fully saturated rings. The molecule has 22 heavy (non-hydrogen) atoms. The van der Waals surface area contributed by atoms with Crippen LogP contribution in [0.1, 0.15) is 12.0 Å². The second kappa shape index (κ2) is 8.74. The first-order valence-electron chi connectivity index (χ1n) is 7.79. The van der Waals surface area contributed by atoms with Gasteiger partial charge in [0.15, 0.2) is 0 Å². The lowest BCUT2D eigenvalue weighted by Gasteiger charge is -2.34. The summed E-state index contributed by atoms with van der Waals surface area (Å²) in [4.78, 5) is 4.61. The van der Waals surface area contributed by atoms with Crippen LogP contribution < -0.4 is 4.74 Å². The highest BCUT2D eigenvalue weighted by atomic mass is 16.5. The predicted molar refractivity (Wildman–Crippen MR) is 86.0 cm³/mol. The Morgan fingerprint density at radius 1 is 1.36 bits per heavy atom. The fourth-order valence-corrected chi connectivity index (χ4v) is 2.61. The van der Waals surface area contributed by atoms with E-state index in [-0.39, 0.29) is 0 Å². The molecule has 1 aromatic carbocycles. The van der Waals surface area contributed by atoms with E-state index in [1.807, 2.05) is 12.1 Å². The number of nitriles is 1. The van der Waals surface area contributed by atoms with Gasteiger partial charge in [0.05, 0.1) is 31.0 Å². The van der Waals surface area contributed by atoms with Crippen molar-refractivity contribution in [3.63, 3.8) is 0 Å². The van der Waals surface area contributed by atoms with E-state index in [1.54, 1.807) is 12.1 Å². The topological polar surface area (TPSA) is 48.7 Å². The zero-order chi connectivity index (χ0) is 15.8. The highest BCUT2D eigenvalue weighted by molar-refractivity contribution is 5.34. The van der Waals surface area contributed by atoms with E-state index in [1.165, 1.54) is 0 Å². The van der Waals surface area contributed by atoms with Crippen LogP contribution in [0.4, 0.5) is 0 Å². The van der Waals surface area contributed by atoms with Crippen molar-refractivity contribution < 1.29 is 9.47 Å². The van der Waals surface area contributed by atoms with E-state index in [2.05, 4.69) is 30.0 Å². The van der Waals surface area contributed by atoms with Crippen LogP contribution in [-0.2, 0) is 4.74 Å². The molecule has 5 nitrogen and oxygen atoms in total. The van der Waals surface area contributed by atoms with Crippen LogP contribution in [0.5, 0.6) is 5.75 Å². The third kappa shape index (κ3) is 5.64. The van der Waals surface area contributed by atoms with E-state index in [9.17, 15) is 0 Å². The number of hydrogen-bond acceptors (Lipinski definition) is 5. The SMILES string of the molecule is CN(C)C[C@@H]1CN(CCCOc2ccc(C#N)cc2)CCO1. The number of hydrogen-bond donors (Lipinski definition) is 0. The van der Waals surface area contributed by atoms with Gasteiger partial charge >= 0.3 is 0 Å². The van der Waals surface area contributed by atoms with Crippen LogP contribution in [0.2, 0.25) is 0 Å². The molecule has 0 bridgehead atoms. The molecule has 5 heteroatoms. The number of nitrogens with zero attached hydrogens (tertiary/aromatic N) is 3. The average molecular weight is 303 g/mol. The van der Waals surface area contributed by atoms with Crippen LogP contribution in [0.15, 0.2) is 24.3 Å². The second-order valence-electron chi connectivity index (χ2n) is 5.89. The first-order valence-corrected chi connectivity index (χ1v) is 7.79. The van der Waals surface area contributed by atoms with Crippen LogP contribution in [0, 0.1) is 11.3 Å². The molecule has 120 valence electrons. The lowest BCUT2D eigenvalue weighted by molar-refractivity contribution is -0.0388. The van der Waals surface area contributed by atoms with Gasteiger partial charge in [-0.3, -0.25) is 4.90 Å². The molecule has 1 heterocycles. The molecule has 0 radical (unpaired) electrons. The summed E-state index contributed by atoms with van der Waals surface area (Å²) in [6, 6.07) is 9.36. The van der Waals surface area contributed by atoms with Crippen LogP contribution >= 0.6 is 0 Å². The highest BCUT2D eigenvalue weighted by Gasteiger charge is 2.20. The van der Waals surface area contributed by atoms with Gasteiger partial charge in [-0.1, -0.05) is 0 Å². The van der Waals surface area contributed by atoms with Crippen LogP contribution in [-0.4, -0.2) is 69.4 Å². The van der Waals surface area contributed by atoms with E-state index in [0.717, 1.165) is 45.0 Å². The van der Waals surface area contributed by atoms with Crippen molar-refractivity contribution in [1.82, 2.24) is 9.80 Å². The molecular formula is C17H25N3O2. The van der Waals surface area contributed by atoms with Gasteiger partial charge in [0.25, 0.3) is 0 Å². The smallest absolute Gasteiger partial charge is 0.119 e. The van der Waals surface area contributed by atoms with Crippen molar-refractivity contribution in [2.24, 2.45) is 0 Å². The summed E-state index contributed by atoms with van der Waals surface area (Å²) >= 11 is 0. The minimum Gasteiger partial charge on any atom is -0.494 e. The number of benzene rings is 1. The Morgan fingerprint density at radius 3 is 2.82 bits per heavy atom. The molecule has 0 N–H and O–H groups in total. The van der Waals surface area contributed by atoms with Crippen molar-refractivity contribution in [1.29, 1.82) is 5.26 Å². The number of rotatable bonds is 7. The summed E-state index contributed by atoms with van der Waals surface area (Å²) in [6.45, 7) is 5.51. The molecule has 1 aromatic rings. The molecule has 0 amide bonds. The summed E-state index contributed by atoms with van der Waals surface area (Å²) in [6.07, 6.45) is 1.30. The summed E-state index contributed by atoms with van der Waals surface area (Å²) in [5, 5.41) is 8.75. The summed E-state index contributed by atoms with van der Waals surface area (Å²) in [7, 11) is 4.15. The number of likely N-dealkylation sites (N-methyl/N-ethyl adjacent to an activating group) is 1. The molecule has 1 saturated heterocycles. The zero-order valence-electron chi connectivity index (χ0n) is 13.5. The maximum Gasteiger partial charge on any atom is 0.119 e. The predicted octanol–water partition coefficient (Wildman–Crippen LogP) is 1.59. The van der Waals surface area contributed by atoms with Gasteiger partial charge in [0, 0.05) is 26.2 Å². The Labute approximate surface area is 133 Å². The highest BCUT2D eigenvalue weighted by Crippen LogP contribution is 2.12. The van der Waals surface area contributed by atoms with Gasteiger partial charge in [0.1, 0.15) is 5.75 Å². The van der Waals surface area contributed by atoms with E-state index in [0.29, 0.717) is 18.3 Å². The lowest BCUT2D eigenvalue weighted by atomic mass is 10.2. The summed E-state index contributed by atoms with van der Waals surface area (Å²) in [5.74, 6) is 0.825. The van der Waals surface area contributed by atoms with Crippen molar-refractivity contribution in [2.75, 3.05) is 53.5 Å². The molecule has 0 aromatic heterocycles. The summed E-state index contributed by atoms with van der Waals surface area (Å²) < 4.78 is 11.5. The van der Waals surface area contributed by atoms with Gasteiger partial charge in [-0.05, 0) is 44.8 Å². The Morgan fingerprint density at radius 2 is 2.14 bits per heavy atom. The lowest BCUT2D eigenvalue weighted by Crippen LogP contribution is -2.46. The molecule has 1 atom stereocenters. The van der Waals surface area contributed by atoms with Crippen molar-refractivity contribution in [2.45, 2.75) is 12.5 Å². The second-order valence-corrected chi connectivity index (χ2v) is 5.89. The van der Waals surface area contributed by atoms with Gasteiger partial charge in [-0.25, -0.2) is 0 Å². The Kier molecular flexibility index (Phi) is 6.66. The van der Waals surface area contributed by atoms with E-state index in [4.69, 9.17) is 14.7 Å². The monoisotopic (exact) mass is 303 g/mol. The Hall–Kier alpha value is -1.61. The largest absolute Gasteiger partial charge is 0.494 e.